The Labute approximate surface area is 248 Å². The molecule has 9 heteroatoms. The largest absolute Gasteiger partial charge is 0.463 e. The highest BCUT2D eigenvalue weighted by Gasteiger charge is 2.33. The number of likely N-dealkylation sites (tertiary alicyclic amines) is 1. The van der Waals surface area contributed by atoms with Gasteiger partial charge in [-0.25, -0.2) is 0 Å². The molecule has 3 aromatic rings. The van der Waals surface area contributed by atoms with Crippen molar-refractivity contribution in [2.45, 2.75) is 38.3 Å². The first-order valence-corrected chi connectivity index (χ1v) is 15.0. The molecule has 0 aliphatic carbocycles. The summed E-state index contributed by atoms with van der Waals surface area (Å²) in [4.78, 5) is 31.3. The zero-order valence-corrected chi connectivity index (χ0v) is 24.4. The number of carbonyl (C=O) groups is 1. The third kappa shape index (κ3) is 5.77. The molecule has 6 rings (SSSR count). The highest BCUT2D eigenvalue weighted by molar-refractivity contribution is 5.94. The van der Waals surface area contributed by atoms with Crippen LogP contribution in [0, 0.1) is 17.2 Å². The van der Waals surface area contributed by atoms with Crippen molar-refractivity contribution >= 4 is 28.2 Å². The number of rotatable bonds is 7. The van der Waals surface area contributed by atoms with Crippen molar-refractivity contribution in [1.29, 1.82) is 5.26 Å². The first kappa shape index (κ1) is 28.0. The van der Waals surface area contributed by atoms with Gasteiger partial charge in [0.15, 0.2) is 0 Å². The maximum Gasteiger partial charge on any atom is 0.318 e. The van der Waals surface area contributed by atoms with Crippen LogP contribution in [0.5, 0.6) is 6.01 Å². The van der Waals surface area contributed by atoms with Crippen molar-refractivity contribution in [2.75, 3.05) is 62.7 Å². The number of nitriles is 1. The molecule has 2 atom stereocenters. The number of nitrogens with zero attached hydrogens (tertiary/aromatic N) is 7. The molecule has 0 N–H and O–H groups in total. The lowest BCUT2D eigenvalue weighted by Gasteiger charge is -2.42. The first-order valence-electron chi connectivity index (χ1n) is 15.0. The highest BCUT2D eigenvalue weighted by atomic mass is 16.5. The van der Waals surface area contributed by atoms with Gasteiger partial charge in [0.2, 0.25) is 5.91 Å². The summed E-state index contributed by atoms with van der Waals surface area (Å²) < 4.78 is 6.33. The number of hydrogen-bond donors (Lipinski definition) is 0. The molecule has 2 fully saturated rings. The standard InChI is InChI=1S/C33H39N7O2/c1-3-31(41)40-19-18-39(21-26(40)13-15-34)32-28-14-17-38(30-12-6-10-25-9-4-5-11-27(25)30)22-29(28)35-33(36-32)42-23-24-8-7-16-37(2)20-24/h3-6,9-12,24,26H,1,7-8,13-14,16-23H2,2H3/t24-,26?/m1/s1. The quantitative estimate of drug-likeness (QED) is 0.397. The van der Waals surface area contributed by atoms with E-state index in [-0.39, 0.29) is 18.4 Å². The minimum absolute atomic E-state index is 0.133. The van der Waals surface area contributed by atoms with Crippen LogP contribution in [-0.4, -0.2) is 84.6 Å². The van der Waals surface area contributed by atoms with E-state index in [1.165, 1.54) is 29.0 Å². The van der Waals surface area contributed by atoms with Crippen LogP contribution in [0.1, 0.15) is 30.5 Å². The van der Waals surface area contributed by atoms with Gasteiger partial charge in [0, 0.05) is 55.3 Å². The summed E-state index contributed by atoms with van der Waals surface area (Å²) in [6.45, 7) is 9.59. The summed E-state index contributed by atoms with van der Waals surface area (Å²) in [5.41, 5.74) is 3.32. The van der Waals surface area contributed by atoms with Gasteiger partial charge in [0.1, 0.15) is 5.82 Å². The molecule has 1 amide bonds. The minimum Gasteiger partial charge on any atom is -0.463 e. The highest BCUT2D eigenvalue weighted by Crippen LogP contribution is 2.35. The van der Waals surface area contributed by atoms with E-state index in [0.29, 0.717) is 44.7 Å². The number of fused-ring (bicyclic) bond motifs is 2. The number of benzene rings is 2. The summed E-state index contributed by atoms with van der Waals surface area (Å²) in [6, 6.07) is 17.4. The van der Waals surface area contributed by atoms with Gasteiger partial charge in [-0.3, -0.25) is 4.79 Å². The molecule has 0 radical (unpaired) electrons. The molecular formula is C33H39N7O2. The predicted molar refractivity (Wildman–Crippen MR) is 165 cm³/mol. The zero-order chi connectivity index (χ0) is 29.1. The number of amides is 1. The lowest BCUT2D eigenvalue weighted by molar-refractivity contribution is -0.128. The SMILES string of the molecule is C=CC(=O)N1CCN(c2nc(OC[C@@H]3CCCN(C)C3)nc3c2CCN(c2cccc4ccccc24)C3)CC1CC#N. The molecule has 0 spiro atoms. The van der Waals surface area contributed by atoms with Gasteiger partial charge >= 0.3 is 6.01 Å². The monoisotopic (exact) mass is 565 g/mol. The van der Waals surface area contributed by atoms with Gasteiger partial charge in [-0.15, -0.1) is 0 Å². The Bertz CT molecular complexity index is 1500. The van der Waals surface area contributed by atoms with E-state index in [1.54, 1.807) is 4.90 Å². The van der Waals surface area contributed by atoms with Crippen LogP contribution < -0.4 is 14.5 Å². The minimum atomic E-state index is -0.224. The lowest BCUT2D eigenvalue weighted by Crippen LogP contribution is -2.55. The maximum atomic E-state index is 12.5. The van der Waals surface area contributed by atoms with Crippen molar-refractivity contribution in [3.8, 4) is 12.1 Å². The Kier molecular flexibility index (Phi) is 8.24. The molecule has 2 aromatic carbocycles. The second-order valence-electron chi connectivity index (χ2n) is 11.7. The molecule has 4 heterocycles. The van der Waals surface area contributed by atoms with Gasteiger partial charge in [0.05, 0.1) is 37.4 Å². The Hall–Kier alpha value is -4.16. The fourth-order valence-electron chi connectivity index (χ4n) is 6.74. The summed E-state index contributed by atoms with van der Waals surface area (Å²) >= 11 is 0. The van der Waals surface area contributed by atoms with Gasteiger partial charge in [-0.2, -0.15) is 15.2 Å². The van der Waals surface area contributed by atoms with Crippen molar-refractivity contribution in [3.05, 3.63) is 66.4 Å². The average molecular weight is 566 g/mol. The summed E-state index contributed by atoms with van der Waals surface area (Å²) in [7, 11) is 2.16. The Morgan fingerprint density at radius 2 is 1.95 bits per heavy atom. The normalized spacial score (nSPS) is 21.1. The first-order chi connectivity index (χ1) is 20.5. The van der Waals surface area contributed by atoms with E-state index in [2.05, 4.69) is 76.9 Å². The third-order valence-corrected chi connectivity index (χ3v) is 8.87. The fraction of sp³-hybridized carbons (Fsp3) is 0.455. The van der Waals surface area contributed by atoms with E-state index < -0.39 is 0 Å². The number of hydrogen-bond acceptors (Lipinski definition) is 8. The Morgan fingerprint density at radius 3 is 2.79 bits per heavy atom. The topological polar surface area (TPSA) is 88.8 Å². The number of ether oxygens (including phenoxy) is 1. The van der Waals surface area contributed by atoms with Crippen molar-refractivity contribution in [1.82, 2.24) is 19.8 Å². The molecule has 3 aliphatic rings. The molecule has 0 bridgehead atoms. The molecule has 3 aliphatic heterocycles. The maximum absolute atomic E-state index is 12.5. The van der Waals surface area contributed by atoms with E-state index in [0.717, 1.165) is 49.6 Å². The van der Waals surface area contributed by atoms with Gasteiger partial charge < -0.3 is 24.3 Å². The fourth-order valence-corrected chi connectivity index (χ4v) is 6.74. The number of aromatic nitrogens is 2. The summed E-state index contributed by atoms with van der Waals surface area (Å²) in [5, 5.41) is 12.0. The van der Waals surface area contributed by atoms with Crippen LogP contribution in [0.15, 0.2) is 55.1 Å². The van der Waals surface area contributed by atoms with E-state index in [9.17, 15) is 10.1 Å². The Balaban J connectivity index is 1.31. The Morgan fingerprint density at radius 1 is 1.10 bits per heavy atom. The molecule has 42 heavy (non-hydrogen) atoms. The van der Waals surface area contributed by atoms with Crippen molar-refractivity contribution < 1.29 is 9.53 Å². The zero-order valence-electron chi connectivity index (χ0n) is 24.4. The molecule has 218 valence electrons. The van der Waals surface area contributed by atoms with E-state index in [1.807, 2.05) is 0 Å². The van der Waals surface area contributed by atoms with Crippen LogP contribution in [0.2, 0.25) is 0 Å². The molecular weight excluding hydrogens is 526 g/mol. The summed E-state index contributed by atoms with van der Waals surface area (Å²) in [6.07, 6.45) is 4.72. The number of carbonyl (C=O) groups excluding carboxylic acids is 1. The third-order valence-electron chi connectivity index (χ3n) is 8.87. The van der Waals surface area contributed by atoms with Crippen LogP contribution in [0.3, 0.4) is 0 Å². The second kappa shape index (κ2) is 12.4. The number of anilines is 2. The number of piperazine rings is 1. The van der Waals surface area contributed by atoms with E-state index in [4.69, 9.17) is 14.7 Å². The molecule has 9 nitrogen and oxygen atoms in total. The van der Waals surface area contributed by atoms with Gasteiger partial charge in [-0.1, -0.05) is 43.0 Å². The second-order valence-corrected chi connectivity index (χ2v) is 11.7. The predicted octanol–water partition coefficient (Wildman–Crippen LogP) is 4.03. The van der Waals surface area contributed by atoms with Crippen molar-refractivity contribution in [2.24, 2.45) is 5.92 Å². The van der Waals surface area contributed by atoms with Gasteiger partial charge in [-0.05, 0) is 50.4 Å². The van der Waals surface area contributed by atoms with Crippen LogP contribution in [0.4, 0.5) is 11.5 Å². The smallest absolute Gasteiger partial charge is 0.318 e. The molecule has 2 saturated heterocycles. The number of piperidine rings is 1. The van der Waals surface area contributed by atoms with Crippen LogP contribution in [0.25, 0.3) is 10.8 Å². The summed E-state index contributed by atoms with van der Waals surface area (Å²) in [5.74, 6) is 1.20. The molecule has 0 saturated carbocycles. The molecule has 1 unspecified atom stereocenters. The lowest BCUT2D eigenvalue weighted by atomic mass is 10.00. The average Bonchev–Trinajstić information content (AvgIpc) is 3.02. The molecule has 1 aromatic heterocycles. The van der Waals surface area contributed by atoms with Crippen molar-refractivity contribution in [3.63, 3.8) is 0 Å². The van der Waals surface area contributed by atoms with E-state index >= 15 is 0 Å². The van der Waals surface area contributed by atoms with Crippen LogP contribution >= 0.6 is 0 Å². The van der Waals surface area contributed by atoms with Gasteiger partial charge in [0.25, 0.3) is 0 Å². The van der Waals surface area contributed by atoms with Crippen LogP contribution in [-0.2, 0) is 17.8 Å².